The van der Waals surface area contributed by atoms with Gasteiger partial charge in [-0.25, -0.2) is 8.42 Å². The zero-order valence-electron chi connectivity index (χ0n) is 9.76. The van der Waals surface area contributed by atoms with Crippen molar-refractivity contribution in [2.45, 2.75) is 44.2 Å². The monoisotopic (exact) mass is 261 g/mol. The Morgan fingerprint density at radius 2 is 1.88 bits per heavy atom. The van der Waals surface area contributed by atoms with Crippen LogP contribution in [0.4, 0.5) is 0 Å². The van der Waals surface area contributed by atoms with Crippen LogP contribution in [0.1, 0.15) is 32.1 Å². The molecule has 1 aliphatic heterocycles. The first-order valence-corrected chi connectivity index (χ1v) is 7.99. The predicted molar refractivity (Wildman–Crippen MR) is 63.2 cm³/mol. The summed E-state index contributed by atoms with van der Waals surface area (Å²) in [7, 11) is -3.02. The number of carbonyl (C=O) groups is 1. The van der Waals surface area contributed by atoms with Gasteiger partial charge in [0, 0.05) is 0 Å². The summed E-state index contributed by atoms with van der Waals surface area (Å²) in [6.07, 6.45) is 3.43. The Bertz CT molecular complexity index is 392. The number of carbonyl (C=O) groups excluding carboxylic acids is 1. The maximum Gasteiger partial charge on any atom is 0.224 e. The van der Waals surface area contributed by atoms with Crippen LogP contribution in [-0.4, -0.2) is 43.1 Å². The number of nitrogens with one attached hydrogen (secondary N) is 1. The number of hydrogen-bond acceptors (Lipinski definition) is 4. The first-order valence-electron chi connectivity index (χ1n) is 6.17. The average Bonchev–Trinajstić information content (AvgIpc) is 2.62. The number of rotatable bonds is 2. The lowest BCUT2D eigenvalue weighted by Crippen LogP contribution is -2.47. The van der Waals surface area contributed by atoms with Gasteiger partial charge in [0.1, 0.15) is 0 Å². The molecule has 17 heavy (non-hydrogen) atoms. The van der Waals surface area contributed by atoms with E-state index in [0.717, 1.165) is 19.3 Å². The van der Waals surface area contributed by atoms with E-state index in [9.17, 15) is 18.3 Å². The summed E-state index contributed by atoms with van der Waals surface area (Å²) < 4.78 is 22.5. The second-order valence-electron chi connectivity index (χ2n) is 5.07. The van der Waals surface area contributed by atoms with Crippen molar-refractivity contribution in [3.63, 3.8) is 0 Å². The van der Waals surface area contributed by atoms with Crippen molar-refractivity contribution in [1.82, 2.24) is 5.32 Å². The van der Waals surface area contributed by atoms with Crippen molar-refractivity contribution in [2.75, 3.05) is 11.5 Å². The van der Waals surface area contributed by atoms with Gasteiger partial charge in [-0.3, -0.25) is 4.79 Å². The van der Waals surface area contributed by atoms with Crippen molar-refractivity contribution in [1.29, 1.82) is 0 Å². The molecular weight excluding hydrogens is 242 g/mol. The van der Waals surface area contributed by atoms with Crippen LogP contribution < -0.4 is 5.32 Å². The van der Waals surface area contributed by atoms with E-state index in [1.165, 1.54) is 0 Å². The minimum absolute atomic E-state index is 0.0400. The van der Waals surface area contributed by atoms with Crippen molar-refractivity contribution in [3.8, 4) is 0 Å². The fraction of sp³-hybridized carbons (Fsp3) is 0.909. The largest absolute Gasteiger partial charge is 0.391 e. The fourth-order valence-corrected chi connectivity index (χ4v) is 4.32. The Hall–Kier alpha value is -0.620. The Labute approximate surface area is 102 Å². The molecule has 1 unspecified atom stereocenters. The number of hydrogen-bond donors (Lipinski definition) is 2. The van der Waals surface area contributed by atoms with Gasteiger partial charge in [0.2, 0.25) is 5.91 Å². The highest BCUT2D eigenvalue weighted by Gasteiger charge is 2.35. The van der Waals surface area contributed by atoms with E-state index in [0.29, 0.717) is 12.8 Å². The molecule has 0 aromatic rings. The lowest BCUT2D eigenvalue weighted by atomic mass is 9.92. The molecule has 0 bridgehead atoms. The van der Waals surface area contributed by atoms with E-state index in [4.69, 9.17) is 0 Å². The lowest BCUT2D eigenvalue weighted by Gasteiger charge is -2.29. The molecule has 2 rings (SSSR count). The number of aliphatic hydroxyl groups is 1. The molecule has 0 aromatic carbocycles. The maximum absolute atomic E-state index is 11.9. The summed E-state index contributed by atoms with van der Waals surface area (Å²) in [6.45, 7) is 0. The first-order chi connectivity index (χ1) is 7.98. The molecule has 0 radical (unpaired) electrons. The quantitative estimate of drug-likeness (QED) is 0.723. The van der Waals surface area contributed by atoms with Crippen molar-refractivity contribution < 1.29 is 18.3 Å². The third-order valence-electron chi connectivity index (χ3n) is 3.66. The van der Waals surface area contributed by atoms with Crippen molar-refractivity contribution in [3.05, 3.63) is 0 Å². The highest BCUT2D eigenvalue weighted by atomic mass is 32.2. The van der Waals surface area contributed by atoms with E-state index in [-0.39, 0.29) is 23.5 Å². The molecule has 0 spiro atoms. The summed E-state index contributed by atoms with van der Waals surface area (Å²) in [4.78, 5) is 11.9. The van der Waals surface area contributed by atoms with Gasteiger partial charge in [-0.15, -0.1) is 0 Å². The smallest absolute Gasteiger partial charge is 0.224 e. The summed E-state index contributed by atoms with van der Waals surface area (Å²) in [5.74, 6) is -0.564. The average molecular weight is 261 g/mol. The van der Waals surface area contributed by atoms with Crippen LogP contribution in [-0.2, 0) is 14.6 Å². The minimum atomic E-state index is -3.02. The zero-order chi connectivity index (χ0) is 12.5. The number of sulfone groups is 1. The summed E-state index contributed by atoms with van der Waals surface area (Å²) >= 11 is 0. The topological polar surface area (TPSA) is 83.5 Å². The number of aliphatic hydroxyl groups excluding tert-OH is 1. The molecule has 1 amide bonds. The van der Waals surface area contributed by atoms with Crippen LogP contribution in [0.25, 0.3) is 0 Å². The highest BCUT2D eigenvalue weighted by Crippen LogP contribution is 2.22. The van der Waals surface area contributed by atoms with Gasteiger partial charge in [0.05, 0.1) is 29.6 Å². The SMILES string of the molecule is O=C(N[C@H]1CCCC[C@@H]1O)C1CCS(=O)(=O)C1. The normalized spacial score (nSPS) is 36.6. The highest BCUT2D eigenvalue weighted by molar-refractivity contribution is 7.91. The minimum Gasteiger partial charge on any atom is -0.391 e. The molecule has 3 atom stereocenters. The zero-order valence-corrected chi connectivity index (χ0v) is 10.6. The van der Waals surface area contributed by atoms with Gasteiger partial charge in [-0.2, -0.15) is 0 Å². The first kappa shape index (κ1) is 12.8. The van der Waals surface area contributed by atoms with Crippen molar-refractivity contribution in [2.24, 2.45) is 5.92 Å². The number of amides is 1. The van der Waals surface area contributed by atoms with Gasteiger partial charge >= 0.3 is 0 Å². The van der Waals surface area contributed by atoms with Gasteiger partial charge in [0.25, 0.3) is 0 Å². The lowest BCUT2D eigenvalue weighted by molar-refractivity contribution is -0.126. The molecule has 2 N–H and O–H groups in total. The van der Waals surface area contributed by atoms with E-state index < -0.39 is 21.9 Å². The molecule has 5 nitrogen and oxygen atoms in total. The van der Waals surface area contributed by atoms with Crippen LogP contribution in [0.15, 0.2) is 0 Å². The third kappa shape index (κ3) is 3.19. The van der Waals surface area contributed by atoms with Crippen LogP contribution in [0, 0.1) is 5.92 Å². The van der Waals surface area contributed by atoms with Gasteiger partial charge in [-0.1, -0.05) is 12.8 Å². The van der Waals surface area contributed by atoms with Crippen LogP contribution >= 0.6 is 0 Å². The molecule has 1 saturated heterocycles. The molecule has 1 saturated carbocycles. The Morgan fingerprint density at radius 3 is 2.47 bits per heavy atom. The van der Waals surface area contributed by atoms with E-state index in [1.807, 2.05) is 0 Å². The molecule has 1 aliphatic carbocycles. The van der Waals surface area contributed by atoms with Gasteiger partial charge in [-0.05, 0) is 19.3 Å². The van der Waals surface area contributed by atoms with E-state index in [1.54, 1.807) is 0 Å². The van der Waals surface area contributed by atoms with Gasteiger partial charge < -0.3 is 10.4 Å². The standard InChI is InChI=1S/C11H19NO4S/c13-10-4-2-1-3-9(10)12-11(14)8-5-6-17(15,16)7-8/h8-10,13H,1-7H2,(H,12,14)/t8?,9-,10-/m0/s1. The molecule has 6 heteroatoms. The second-order valence-corrected chi connectivity index (χ2v) is 7.30. The van der Waals surface area contributed by atoms with E-state index in [2.05, 4.69) is 5.32 Å². The molecule has 1 heterocycles. The Balaban J connectivity index is 1.89. The molecule has 2 fully saturated rings. The maximum atomic E-state index is 11.9. The summed E-state index contributed by atoms with van der Waals surface area (Å²) in [5.41, 5.74) is 0. The molecule has 0 aromatic heterocycles. The van der Waals surface area contributed by atoms with Gasteiger partial charge in [0.15, 0.2) is 9.84 Å². The van der Waals surface area contributed by atoms with Crippen molar-refractivity contribution >= 4 is 15.7 Å². The summed E-state index contributed by atoms with van der Waals surface area (Å²) in [5, 5.41) is 12.5. The molecule has 98 valence electrons. The second kappa shape index (κ2) is 4.94. The van der Waals surface area contributed by atoms with Crippen LogP contribution in [0.5, 0.6) is 0 Å². The van der Waals surface area contributed by atoms with E-state index >= 15 is 0 Å². The van der Waals surface area contributed by atoms with Crippen LogP contribution in [0.2, 0.25) is 0 Å². The predicted octanol–water partition coefficient (Wildman–Crippen LogP) is -0.159. The Kier molecular flexibility index (Phi) is 3.73. The molecular formula is C11H19NO4S. The third-order valence-corrected chi connectivity index (χ3v) is 5.43. The summed E-state index contributed by atoms with van der Waals surface area (Å²) in [6, 6.07) is -0.195. The fourth-order valence-electron chi connectivity index (χ4n) is 2.58. The molecule has 2 aliphatic rings. The van der Waals surface area contributed by atoms with Crippen LogP contribution in [0.3, 0.4) is 0 Å². The Morgan fingerprint density at radius 1 is 1.18 bits per heavy atom.